The molecule has 0 aliphatic rings. The van der Waals surface area contributed by atoms with Crippen molar-refractivity contribution in [1.29, 1.82) is 0 Å². The molecule has 0 spiro atoms. The Morgan fingerprint density at radius 3 is 2.61 bits per heavy atom. The highest BCUT2D eigenvalue weighted by Gasteiger charge is 2.19. The molecule has 3 heterocycles. The molecule has 0 aliphatic carbocycles. The van der Waals surface area contributed by atoms with E-state index in [1.807, 2.05) is 24.3 Å². The average molecular weight is 507 g/mol. The normalized spacial score (nSPS) is 11.5. The zero-order valence-electron chi connectivity index (χ0n) is 19.0. The van der Waals surface area contributed by atoms with Gasteiger partial charge >= 0.3 is 5.88 Å². The van der Waals surface area contributed by atoms with Crippen molar-refractivity contribution < 1.29 is 23.6 Å². The summed E-state index contributed by atoms with van der Waals surface area (Å²) in [5.74, 6) is 1.27. The van der Waals surface area contributed by atoms with Crippen molar-refractivity contribution in [3.8, 4) is 11.5 Å². The molecule has 5 rings (SSSR count). The maximum atomic E-state index is 12.9. The van der Waals surface area contributed by atoms with Gasteiger partial charge < -0.3 is 13.9 Å². The van der Waals surface area contributed by atoms with Crippen LogP contribution in [0.3, 0.4) is 0 Å². The first kappa shape index (κ1) is 23.1. The van der Waals surface area contributed by atoms with Gasteiger partial charge in [0.15, 0.2) is 28.2 Å². The Kier molecular flexibility index (Phi) is 6.12. The molecule has 0 fully saturated rings. The summed E-state index contributed by atoms with van der Waals surface area (Å²) in [4.78, 5) is 23.1. The molecule has 36 heavy (non-hydrogen) atoms. The zero-order chi connectivity index (χ0) is 25.2. The maximum absolute atomic E-state index is 12.9. The van der Waals surface area contributed by atoms with Crippen molar-refractivity contribution in [1.82, 2.24) is 19.3 Å². The quantitative estimate of drug-likeness (QED) is 0.0951. The molecule has 0 N–H and O–H groups in total. The number of aromatic nitrogens is 4. The number of hydrogen-bond donors (Lipinski definition) is 0. The van der Waals surface area contributed by atoms with Gasteiger partial charge in [-0.1, -0.05) is 23.9 Å². The largest absolute Gasteiger partial charge is 0.493 e. The van der Waals surface area contributed by atoms with E-state index in [2.05, 4.69) is 15.3 Å². The van der Waals surface area contributed by atoms with E-state index in [-0.39, 0.29) is 23.2 Å². The van der Waals surface area contributed by atoms with Crippen LogP contribution in [-0.2, 0) is 0 Å². The first-order valence-corrected chi connectivity index (χ1v) is 11.5. The van der Waals surface area contributed by atoms with Crippen LogP contribution >= 0.6 is 11.8 Å². The zero-order valence-corrected chi connectivity index (χ0v) is 19.8. The molecule has 13 heteroatoms. The number of ether oxygens (including phenoxy) is 2. The summed E-state index contributed by atoms with van der Waals surface area (Å²) in [6.45, 7) is 0. The van der Waals surface area contributed by atoms with E-state index < -0.39 is 4.92 Å². The third-order valence-corrected chi connectivity index (χ3v) is 6.22. The van der Waals surface area contributed by atoms with Crippen LogP contribution in [0, 0.1) is 10.1 Å². The molecule has 0 saturated carbocycles. The summed E-state index contributed by atoms with van der Waals surface area (Å²) in [7, 11) is 3.05. The van der Waals surface area contributed by atoms with Crippen molar-refractivity contribution in [2.45, 2.75) is 5.16 Å². The number of hydrogen-bond acceptors (Lipinski definition) is 10. The van der Waals surface area contributed by atoms with Crippen LogP contribution in [-0.4, -0.2) is 56.2 Å². The number of methoxy groups -OCH3 is 2. The Morgan fingerprint density at radius 1 is 1.11 bits per heavy atom. The number of nitro groups is 1. The predicted molar refractivity (Wildman–Crippen MR) is 131 cm³/mol. The third kappa shape index (κ3) is 4.15. The highest BCUT2D eigenvalue weighted by Crippen LogP contribution is 2.30. The van der Waals surface area contributed by atoms with Crippen LogP contribution in [0.15, 0.2) is 69.3 Å². The number of rotatable bonds is 9. The molecule has 3 aromatic heterocycles. The molecule has 5 aromatic rings. The topological polar surface area (TPSA) is 139 Å². The number of furan rings is 1. The van der Waals surface area contributed by atoms with Crippen LogP contribution in [0.2, 0.25) is 0 Å². The lowest BCUT2D eigenvalue weighted by Gasteiger charge is -2.08. The van der Waals surface area contributed by atoms with Gasteiger partial charge in [0, 0.05) is 5.56 Å². The lowest BCUT2D eigenvalue weighted by Crippen LogP contribution is -2.04. The monoisotopic (exact) mass is 506 g/mol. The molecular formula is C23H18N6O6S. The summed E-state index contributed by atoms with van der Waals surface area (Å²) in [5.41, 5.74) is 1.99. The number of nitrogens with zero attached hydrogens (tertiary/aromatic N) is 6. The van der Waals surface area contributed by atoms with E-state index in [0.717, 1.165) is 11.0 Å². The van der Waals surface area contributed by atoms with Gasteiger partial charge in [-0.2, -0.15) is 9.78 Å². The van der Waals surface area contributed by atoms with E-state index in [9.17, 15) is 14.9 Å². The summed E-state index contributed by atoms with van der Waals surface area (Å²) in [5, 5.41) is 24.3. The van der Waals surface area contributed by atoms with Gasteiger partial charge in [0.2, 0.25) is 0 Å². The fourth-order valence-corrected chi connectivity index (χ4v) is 4.44. The first-order valence-electron chi connectivity index (χ1n) is 10.5. The van der Waals surface area contributed by atoms with Gasteiger partial charge in [0.1, 0.15) is 4.92 Å². The summed E-state index contributed by atoms with van der Waals surface area (Å²) < 4.78 is 19.0. The number of para-hydroxylation sites is 2. The number of fused-ring (bicyclic) bond motifs is 3. The van der Waals surface area contributed by atoms with Crippen molar-refractivity contribution in [3.05, 3.63) is 76.0 Å². The van der Waals surface area contributed by atoms with Crippen molar-refractivity contribution in [3.63, 3.8) is 0 Å². The first-order chi connectivity index (χ1) is 17.5. The predicted octanol–water partition coefficient (Wildman–Crippen LogP) is 4.06. The van der Waals surface area contributed by atoms with E-state index in [1.165, 1.54) is 44.3 Å². The van der Waals surface area contributed by atoms with Crippen molar-refractivity contribution in [2.24, 2.45) is 5.10 Å². The van der Waals surface area contributed by atoms with Gasteiger partial charge in [0.25, 0.3) is 5.78 Å². The Bertz CT molecular complexity index is 1630. The molecule has 0 saturated heterocycles. The minimum absolute atomic E-state index is 0.112. The smallest absolute Gasteiger partial charge is 0.433 e. The molecule has 0 atom stereocenters. The molecule has 0 bridgehead atoms. The van der Waals surface area contributed by atoms with Crippen LogP contribution in [0.1, 0.15) is 16.1 Å². The van der Waals surface area contributed by atoms with Gasteiger partial charge in [-0.15, -0.1) is 10.2 Å². The second-order valence-corrected chi connectivity index (χ2v) is 8.32. The number of thioether (sulfide) groups is 1. The van der Waals surface area contributed by atoms with Crippen LogP contribution in [0.25, 0.3) is 16.8 Å². The second-order valence-electron chi connectivity index (χ2n) is 7.38. The molecule has 0 radical (unpaired) electrons. The number of carbonyl (C=O) groups excluding carboxylic acids is 1. The lowest BCUT2D eigenvalue weighted by molar-refractivity contribution is -0.402. The van der Waals surface area contributed by atoms with Crippen LogP contribution < -0.4 is 9.47 Å². The minimum Gasteiger partial charge on any atom is -0.493 e. The SMILES string of the molecule is COc1ccc(C(=O)CSc2nnc3n(N=Cc4ccc([N+](=O)[O-])o4)c4ccccc4n23)cc1OC. The summed E-state index contributed by atoms with van der Waals surface area (Å²) >= 11 is 1.24. The lowest BCUT2D eigenvalue weighted by atomic mass is 10.1. The van der Waals surface area contributed by atoms with E-state index in [4.69, 9.17) is 13.9 Å². The second kappa shape index (κ2) is 9.54. The van der Waals surface area contributed by atoms with E-state index >= 15 is 0 Å². The number of Topliss-reactive ketones (excluding diaryl/α,β-unsaturated/α-hetero) is 1. The van der Waals surface area contributed by atoms with Crippen LogP contribution in [0.5, 0.6) is 11.5 Å². The Balaban J connectivity index is 1.44. The maximum Gasteiger partial charge on any atom is 0.433 e. The van der Waals surface area contributed by atoms with Crippen molar-refractivity contribution >= 4 is 46.5 Å². The average Bonchev–Trinajstić information content (AvgIpc) is 3.61. The van der Waals surface area contributed by atoms with Gasteiger partial charge in [-0.05, 0) is 36.4 Å². The fourth-order valence-electron chi connectivity index (χ4n) is 3.61. The van der Waals surface area contributed by atoms with Crippen LogP contribution in [0.4, 0.5) is 5.88 Å². The number of ketones is 1. The van der Waals surface area contributed by atoms with E-state index in [0.29, 0.717) is 28.0 Å². The molecular weight excluding hydrogens is 488 g/mol. The van der Waals surface area contributed by atoms with Crippen molar-refractivity contribution in [2.75, 3.05) is 20.0 Å². The number of benzene rings is 2. The molecule has 0 unspecified atom stereocenters. The standard InChI is InChI=1S/C23H18N6O6S/c1-33-19-9-7-14(11-20(19)34-2)18(30)13-36-23-26-25-22-27(23)16-5-3-4-6-17(16)28(22)24-12-15-8-10-21(35-15)29(31)32/h3-12H,13H2,1-2H3. The van der Waals surface area contributed by atoms with Gasteiger partial charge in [-0.25, -0.2) is 0 Å². The Hall–Kier alpha value is -4.65. The molecule has 12 nitrogen and oxygen atoms in total. The summed E-state index contributed by atoms with van der Waals surface area (Å²) in [6, 6.07) is 15.2. The number of carbonyl (C=O) groups is 1. The minimum atomic E-state index is -0.619. The fraction of sp³-hybridized carbons (Fsp3) is 0.130. The highest BCUT2D eigenvalue weighted by atomic mass is 32.2. The van der Waals surface area contributed by atoms with Gasteiger partial charge in [-0.3, -0.25) is 19.3 Å². The molecule has 2 aromatic carbocycles. The molecule has 0 amide bonds. The highest BCUT2D eigenvalue weighted by molar-refractivity contribution is 7.99. The number of imidazole rings is 1. The van der Waals surface area contributed by atoms with E-state index in [1.54, 1.807) is 27.3 Å². The summed E-state index contributed by atoms with van der Waals surface area (Å²) in [6.07, 6.45) is 1.36. The van der Waals surface area contributed by atoms with Gasteiger partial charge in [0.05, 0.1) is 43.3 Å². The molecule has 182 valence electrons. The third-order valence-electron chi connectivity index (χ3n) is 5.29. The molecule has 0 aliphatic heterocycles. The Labute approximate surface area is 207 Å². The Morgan fingerprint density at radius 2 is 1.89 bits per heavy atom.